The van der Waals surface area contributed by atoms with Gasteiger partial charge in [0, 0.05) is 46.2 Å². The Bertz CT molecular complexity index is 1480. The van der Waals surface area contributed by atoms with Gasteiger partial charge in [0.25, 0.3) is 0 Å². The van der Waals surface area contributed by atoms with Crippen LogP contribution in [0.1, 0.15) is 44.2 Å². The number of carbonyl (C=O) groups is 3. The number of nitrogens with zero attached hydrogens (tertiary/aromatic N) is 3. The average Bonchev–Trinajstić information content (AvgIpc) is 2.98. The molecule has 234 valence electrons. The molecule has 1 saturated heterocycles. The van der Waals surface area contributed by atoms with Gasteiger partial charge in [-0.2, -0.15) is 0 Å². The third kappa shape index (κ3) is 8.55. The average molecular weight is 598 g/mol. The zero-order valence-electron chi connectivity index (χ0n) is 26.8. The van der Waals surface area contributed by atoms with Crippen molar-refractivity contribution in [2.24, 2.45) is 11.1 Å². The van der Waals surface area contributed by atoms with E-state index in [2.05, 4.69) is 23.6 Å². The molecule has 0 bridgehead atoms. The summed E-state index contributed by atoms with van der Waals surface area (Å²) in [5.74, 6) is -0.519. The minimum atomic E-state index is -0.803. The van der Waals surface area contributed by atoms with Crippen LogP contribution in [0.2, 0.25) is 0 Å². The Morgan fingerprint density at radius 3 is 2.34 bits per heavy atom. The van der Waals surface area contributed by atoms with Crippen LogP contribution in [-0.2, 0) is 27.2 Å². The molecule has 3 aromatic carbocycles. The van der Waals surface area contributed by atoms with Crippen LogP contribution in [0, 0.1) is 5.41 Å². The molecule has 8 heteroatoms. The van der Waals surface area contributed by atoms with Crippen molar-refractivity contribution in [2.75, 3.05) is 34.2 Å². The summed E-state index contributed by atoms with van der Waals surface area (Å²) < 4.78 is 0. The lowest BCUT2D eigenvalue weighted by Crippen LogP contribution is -2.59. The molecule has 44 heavy (non-hydrogen) atoms. The zero-order chi connectivity index (χ0) is 31.9. The third-order valence-corrected chi connectivity index (χ3v) is 8.33. The molecule has 8 nitrogen and oxygen atoms in total. The Morgan fingerprint density at radius 2 is 1.66 bits per heavy atom. The number of piperidine rings is 1. The highest BCUT2D eigenvalue weighted by molar-refractivity contribution is 5.93. The molecule has 0 aliphatic carbocycles. The fourth-order valence-corrected chi connectivity index (χ4v) is 5.96. The highest BCUT2D eigenvalue weighted by atomic mass is 16.2. The number of fused-ring (bicyclic) bond motifs is 1. The van der Waals surface area contributed by atoms with Gasteiger partial charge < -0.3 is 15.5 Å². The summed E-state index contributed by atoms with van der Waals surface area (Å²) in [4.78, 5) is 45.0. The molecule has 1 aliphatic rings. The number of hydrogen-bond donors (Lipinski definition) is 2. The van der Waals surface area contributed by atoms with Crippen molar-refractivity contribution in [3.05, 3.63) is 96.1 Å². The van der Waals surface area contributed by atoms with E-state index >= 15 is 0 Å². The van der Waals surface area contributed by atoms with E-state index in [1.165, 1.54) is 11.0 Å². The lowest BCUT2D eigenvalue weighted by Gasteiger charge is -2.44. The van der Waals surface area contributed by atoms with Gasteiger partial charge in [0.15, 0.2) is 0 Å². The summed E-state index contributed by atoms with van der Waals surface area (Å²) in [6.07, 6.45) is 6.03. The Hall–Kier alpha value is -4.01. The summed E-state index contributed by atoms with van der Waals surface area (Å²) in [6.45, 7) is 4.61. The van der Waals surface area contributed by atoms with E-state index in [1.807, 2.05) is 68.4 Å². The third-order valence-electron chi connectivity index (χ3n) is 8.33. The van der Waals surface area contributed by atoms with E-state index < -0.39 is 17.0 Å². The minimum absolute atomic E-state index is 0.105. The van der Waals surface area contributed by atoms with Gasteiger partial charge in [-0.1, -0.05) is 78.9 Å². The highest BCUT2D eigenvalue weighted by Gasteiger charge is 2.45. The molecule has 0 unspecified atom stereocenters. The summed E-state index contributed by atoms with van der Waals surface area (Å²) in [6, 6.07) is 23.5. The molecule has 0 saturated carbocycles. The Balaban J connectivity index is 1.65. The molecule has 1 fully saturated rings. The van der Waals surface area contributed by atoms with Gasteiger partial charge in [0.05, 0.1) is 5.41 Å². The van der Waals surface area contributed by atoms with Crippen LogP contribution in [0.15, 0.2) is 84.9 Å². The van der Waals surface area contributed by atoms with E-state index in [0.717, 1.165) is 21.9 Å². The number of likely N-dealkylation sites (N-methyl/N-ethyl adjacent to an activating group) is 1. The molecule has 2 atom stereocenters. The standard InChI is InChI=1S/C36H47N5O3/c1-35(2,37)20-11-17-32(42)40(5)31(24-28-18-19-29-15-9-10-16-30(29)23-28)33(43)41-22-12-21-36(26-41,34(44)38-39(3)4)25-27-13-7-6-8-14-27/h6-11,13-19,23,31H,12,20-22,24-26,37H2,1-5H3,(H,38,44)/b17-11+/t31-,36+/m1/s1. The number of likely N-dealkylation sites (tertiary alicyclic amines) is 1. The van der Waals surface area contributed by atoms with E-state index in [4.69, 9.17) is 5.73 Å². The number of carbonyl (C=O) groups excluding carboxylic acids is 3. The fourth-order valence-electron chi connectivity index (χ4n) is 5.96. The number of amides is 3. The molecular formula is C36H47N5O3. The molecule has 3 N–H and O–H groups in total. The molecule has 0 spiro atoms. The van der Waals surface area contributed by atoms with Crippen molar-refractivity contribution in [1.82, 2.24) is 20.2 Å². The van der Waals surface area contributed by atoms with Crippen LogP contribution in [0.5, 0.6) is 0 Å². The van der Waals surface area contributed by atoms with Gasteiger partial charge in [-0.05, 0) is 67.5 Å². The number of hydrazine groups is 1. The van der Waals surface area contributed by atoms with Gasteiger partial charge >= 0.3 is 0 Å². The SMILES string of the molecule is CN(C)NC(=O)[C@]1(Cc2ccccc2)CCCN(C(=O)[C@@H](Cc2ccc3ccccc3c2)N(C)C(=O)/C=C/CC(C)(C)N)C1. The Morgan fingerprint density at radius 1 is 0.977 bits per heavy atom. The first-order valence-corrected chi connectivity index (χ1v) is 15.4. The van der Waals surface area contributed by atoms with Crippen LogP contribution >= 0.6 is 0 Å². The predicted molar refractivity (Wildman–Crippen MR) is 176 cm³/mol. The lowest BCUT2D eigenvalue weighted by molar-refractivity contribution is -0.149. The number of hydrogen-bond acceptors (Lipinski definition) is 5. The van der Waals surface area contributed by atoms with Crippen LogP contribution in [0.3, 0.4) is 0 Å². The second-order valence-corrected chi connectivity index (χ2v) is 13.1. The molecule has 1 aliphatic heterocycles. The van der Waals surface area contributed by atoms with Gasteiger partial charge in [0.2, 0.25) is 17.7 Å². The van der Waals surface area contributed by atoms with Crippen molar-refractivity contribution in [3.8, 4) is 0 Å². The Labute approximate surface area is 261 Å². The van der Waals surface area contributed by atoms with E-state index in [-0.39, 0.29) is 24.3 Å². The monoisotopic (exact) mass is 597 g/mol. The van der Waals surface area contributed by atoms with Crippen molar-refractivity contribution < 1.29 is 14.4 Å². The molecule has 0 aromatic heterocycles. The number of rotatable bonds is 11. The number of nitrogens with two attached hydrogens (primary N) is 1. The molecule has 1 heterocycles. The topological polar surface area (TPSA) is 99.0 Å². The summed E-state index contributed by atoms with van der Waals surface area (Å²) in [5.41, 5.74) is 9.84. The van der Waals surface area contributed by atoms with Crippen LogP contribution in [0.4, 0.5) is 0 Å². The number of nitrogens with one attached hydrogen (secondary N) is 1. The first kappa shape index (κ1) is 32.9. The smallest absolute Gasteiger partial charge is 0.246 e. The van der Waals surface area contributed by atoms with E-state index in [0.29, 0.717) is 38.6 Å². The van der Waals surface area contributed by atoms with Gasteiger partial charge in [-0.3, -0.25) is 19.8 Å². The summed E-state index contributed by atoms with van der Waals surface area (Å²) in [5, 5.41) is 3.85. The maximum absolute atomic E-state index is 14.5. The van der Waals surface area contributed by atoms with Crippen LogP contribution in [0.25, 0.3) is 10.8 Å². The maximum Gasteiger partial charge on any atom is 0.246 e. The first-order valence-electron chi connectivity index (χ1n) is 15.4. The Kier molecular flexibility index (Phi) is 10.6. The lowest BCUT2D eigenvalue weighted by atomic mass is 9.74. The largest absolute Gasteiger partial charge is 0.340 e. The quantitative estimate of drug-likeness (QED) is 0.253. The van der Waals surface area contributed by atoms with Gasteiger partial charge in [-0.25, -0.2) is 5.01 Å². The fraction of sp³-hybridized carbons (Fsp3) is 0.417. The van der Waals surface area contributed by atoms with Crippen LogP contribution in [-0.4, -0.2) is 78.3 Å². The van der Waals surface area contributed by atoms with Crippen LogP contribution < -0.4 is 11.2 Å². The maximum atomic E-state index is 14.5. The van der Waals surface area contributed by atoms with Crippen molar-refractivity contribution in [1.29, 1.82) is 0 Å². The van der Waals surface area contributed by atoms with E-state index in [9.17, 15) is 14.4 Å². The van der Waals surface area contributed by atoms with Gasteiger partial charge in [-0.15, -0.1) is 0 Å². The molecule has 4 rings (SSSR count). The second kappa shape index (κ2) is 14.2. The van der Waals surface area contributed by atoms with Crippen molar-refractivity contribution in [3.63, 3.8) is 0 Å². The molecule has 0 radical (unpaired) electrons. The highest BCUT2D eigenvalue weighted by Crippen LogP contribution is 2.35. The zero-order valence-corrected chi connectivity index (χ0v) is 26.8. The predicted octanol–water partition coefficient (Wildman–Crippen LogP) is 4.34. The minimum Gasteiger partial charge on any atom is -0.340 e. The molecule has 3 aromatic rings. The number of benzene rings is 3. The van der Waals surface area contributed by atoms with Gasteiger partial charge in [0.1, 0.15) is 6.04 Å². The van der Waals surface area contributed by atoms with Crippen molar-refractivity contribution in [2.45, 2.75) is 57.5 Å². The first-order chi connectivity index (χ1) is 20.9. The summed E-state index contributed by atoms with van der Waals surface area (Å²) >= 11 is 0. The second-order valence-electron chi connectivity index (χ2n) is 13.1. The molecule has 3 amide bonds. The normalized spacial score (nSPS) is 18.0. The van der Waals surface area contributed by atoms with E-state index in [1.54, 1.807) is 37.1 Å². The van der Waals surface area contributed by atoms with Crippen molar-refractivity contribution >= 4 is 28.5 Å². The summed E-state index contributed by atoms with van der Waals surface area (Å²) in [7, 11) is 5.27. The molecular weight excluding hydrogens is 550 g/mol.